The SMILES string of the molecule is CC(CCN(C)C)NC(=O)C1(N)CCOC1. The third-order valence-electron chi connectivity index (χ3n) is 2.89. The Balaban J connectivity index is 2.33. The summed E-state index contributed by atoms with van der Waals surface area (Å²) in [6, 6.07) is 0.149. The molecule has 0 aromatic heterocycles. The lowest BCUT2D eigenvalue weighted by molar-refractivity contribution is -0.127. The van der Waals surface area contributed by atoms with Crippen molar-refractivity contribution < 1.29 is 9.53 Å². The molecule has 94 valence electrons. The van der Waals surface area contributed by atoms with Crippen LogP contribution in [-0.4, -0.2) is 56.2 Å². The maximum absolute atomic E-state index is 11.9. The quantitative estimate of drug-likeness (QED) is 0.671. The van der Waals surface area contributed by atoms with Gasteiger partial charge in [0.15, 0.2) is 0 Å². The number of ether oxygens (including phenoxy) is 1. The zero-order valence-corrected chi connectivity index (χ0v) is 10.5. The largest absolute Gasteiger partial charge is 0.379 e. The van der Waals surface area contributed by atoms with E-state index in [1.807, 2.05) is 21.0 Å². The first-order valence-electron chi connectivity index (χ1n) is 5.76. The Labute approximate surface area is 97.3 Å². The molecule has 0 aromatic carbocycles. The number of hydrogen-bond acceptors (Lipinski definition) is 4. The van der Waals surface area contributed by atoms with E-state index in [2.05, 4.69) is 10.2 Å². The van der Waals surface area contributed by atoms with E-state index in [-0.39, 0.29) is 11.9 Å². The first-order chi connectivity index (χ1) is 7.44. The van der Waals surface area contributed by atoms with Crippen molar-refractivity contribution in [3.8, 4) is 0 Å². The molecule has 3 N–H and O–H groups in total. The third kappa shape index (κ3) is 3.73. The zero-order valence-electron chi connectivity index (χ0n) is 10.5. The lowest BCUT2D eigenvalue weighted by Crippen LogP contribution is -2.56. The molecule has 1 saturated heterocycles. The van der Waals surface area contributed by atoms with Gasteiger partial charge in [0.25, 0.3) is 0 Å². The molecule has 2 unspecified atom stereocenters. The Morgan fingerprint density at radius 1 is 1.62 bits per heavy atom. The highest BCUT2D eigenvalue weighted by molar-refractivity contribution is 5.86. The van der Waals surface area contributed by atoms with Crippen LogP contribution in [0.2, 0.25) is 0 Å². The molecule has 1 aliphatic heterocycles. The van der Waals surface area contributed by atoms with Crippen LogP contribution in [0, 0.1) is 0 Å². The Bertz CT molecular complexity index is 237. The molecule has 5 nitrogen and oxygen atoms in total. The molecule has 1 fully saturated rings. The highest BCUT2D eigenvalue weighted by atomic mass is 16.5. The molecule has 1 heterocycles. The number of nitrogens with one attached hydrogen (secondary N) is 1. The van der Waals surface area contributed by atoms with Crippen LogP contribution in [0.5, 0.6) is 0 Å². The van der Waals surface area contributed by atoms with E-state index in [1.54, 1.807) is 0 Å². The number of hydrogen-bond donors (Lipinski definition) is 2. The van der Waals surface area contributed by atoms with Gasteiger partial charge < -0.3 is 20.7 Å². The second kappa shape index (κ2) is 5.61. The molecular weight excluding hydrogens is 206 g/mol. The minimum absolute atomic E-state index is 0.0868. The monoisotopic (exact) mass is 229 g/mol. The summed E-state index contributed by atoms with van der Waals surface area (Å²) in [5.41, 5.74) is 5.15. The summed E-state index contributed by atoms with van der Waals surface area (Å²) >= 11 is 0. The molecule has 5 heteroatoms. The van der Waals surface area contributed by atoms with E-state index in [4.69, 9.17) is 10.5 Å². The fraction of sp³-hybridized carbons (Fsp3) is 0.909. The second-order valence-electron chi connectivity index (χ2n) is 4.93. The van der Waals surface area contributed by atoms with Crippen molar-refractivity contribution in [3.05, 3.63) is 0 Å². The number of amides is 1. The van der Waals surface area contributed by atoms with Crippen LogP contribution in [0.1, 0.15) is 19.8 Å². The van der Waals surface area contributed by atoms with Gasteiger partial charge in [-0.15, -0.1) is 0 Å². The molecular formula is C11H23N3O2. The van der Waals surface area contributed by atoms with Crippen LogP contribution in [0.25, 0.3) is 0 Å². The summed E-state index contributed by atoms with van der Waals surface area (Å²) in [7, 11) is 4.04. The molecule has 0 bridgehead atoms. The third-order valence-corrected chi connectivity index (χ3v) is 2.89. The van der Waals surface area contributed by atoms with E-state index in [1.165, 1.54) is 0 Å². The first-order valence-corrected chi connectivity index (χ1v) is 5.76. The average molecular weight is 229 g/mol. The van der Waals surface area contributed by atoms with Crippen LogP contribution >= 0.6 is 0 Å². The Hall–Kier alpha value is -0.650. The van der Waals surface area contributed by atoms with Gasteiger partial charge in [0.1, 0.15) is 5.54 Å². The second-order valence-corrected chi connectivity index (χ2v) is 4.93. The first kappa shape index (κ1) is 13.4. The number of carbonyl (C=O) groups is 1. The van der Waals surface area contributed by atoms with E-state index < -0.39 is 5.54 Å². The fourth-order valence-electron chi connectivity index (χ4n) is 1.65. The van der Waals surface area contributed by atoms with E-state index >= 15 is 0 Å². The number of carbonyl (C=O) groups excluding carboxylic acids is 1. The highest BCUT2D eigenvalue weighted by Gasteiger charge is 2.38. The van der Waals surface area contributed by atoms with Gasteiger partial charge in [-0.25, -0.2) is 0 Å². The lowest BCUT2D eigenvalue weighted by Gasteiger charge is -2.24. The fourth-order valence-corrected chi connectivity index (χ4v) is 1.65. The van der Waals surface area contributed by atoms with Gasteiger partial charge in [-0.3, -0.25) is 4.79 Å². The molecule has 0 radical (unpaired) electrons. The number of nitrogens with zero attached hydrogens (tertiary/aromatic N) is 1. The van der Waals surface area contributed by atoms with Gasteiger partial charge in [0.2, 0.25) is 5.91 Å². The van der Waals surface area contributed by atoms with Gasteiger partial charge in [-0.2, -0.15) is 0 Å². The van der Waals surface area contributed by atoms with Crippen LogP contribution in [0.15, 0.2) is 0 Å². The van der Waals surface area contributed by atoms with E-state index in [0.29, 0.717) is 19.6 Å². The van der Waals surface area contributed by atoms with Crippen molar-refractivity contribution in [3.63, 3.8) is 0 Å². The van der Waals surface area contributed by atoms with Gasteiger partial charge in [0, 0.05) is 12.6 Å². The van der Waals surface area contributed by atoms with E-state index in [0.717, 1.165) is 13.0 Å². The van der Waals surface area contributed by atoms with Crippen LogP contribution in [0.4, 0.5) is 0 Å². The molecule has 0 saturated carbocycles. The lowest BCUT2D eigenvalue weighted by atomic mass is 9.98. The highest BCUT2D eigenvalue weighted by Crippen LogP contribution is 2.15. The van der Waals surface area contributed by atoms with Crippen molar-refractivity contribution in [1.29, 1.82) is 0 Å². The molecule has 1 rings (SSSR count). The standard InChI is InChI=1S/C11H23N3O2/c1-9(4-6-14(2)3)13-10(15)11(12)5-7-16-8-11/h9H,4-8,12H2,1-3H3,(H,13,15). The summed E-state index contributed by atoms with van der Waals surface area (Å²) < 4.78 is 5.17. The van der Waals surface area contributed by atoms with Gasteiger partial charge >= 0.3 is 0 Å². The van der Waals surface area contributed by atoms with Crippen molar-refractivity contribution in [2.75, 3.05) is 33.9 Å². The molecule has 1 amide bonds. The van der Waals surface area contributed by atoms with E-state index in [9.17, 15) is 4.79 Å². The minimum Gasteiger partial charge on any atom is -0.379 e. The van der Waals surface area contributed by atoms with Crippen LogP contribution in [-0.2, 0) is 9.53 Å². The maximum atomic E-state index is 11.9. The molecule has 0 aromatic rings. The average Bonchev–Trinajstić information content (AvgIpc) is 2.63. The van der Waals surface area contributed by atoms with Crippen molar-refractivity contribution >= 4 is 5.91 Å². The predicted octanol–water partition coefficient (Wildman–Crippen LogP) is -0.439. The molecule has 16 heavy (non-hydrogen) atoms. The summed E-state index contributed by atoms with van der Waals surface area (Å²) in [5.74, 6) is -0.0868. The van der Waals surface area contributed by atoms with Gasteiger partial charge in [-0.05, 0) is 40.4 Å². The summed E-state index contributed by atoms with van der Waals surface area (Å²) in [6.07, 6.45) is 1.54. The summed E-state index contributed by atoms with van der Waals surface area (Å²) in [4.78, 5) is 14.0. The smallest absolute Gasteiger partial charge is 0.242 e. The summed E-state index contributed by atoms with van der Waals surface area (Å²) in [6.45, 7) is 3.87. The Morgan fingerprint density at radius 2 is 2.31 bits per heavy atom. The van der Waals surface area contributed by atoms with Crippen molar-refractivity contribution in [2.45, 2.75) is 31.3 Å². The topological polar surface area (TPSA) is 67.6 Å². The Kier molecular flexibility index (Phi) is 4.70. The molecule has 1 aliphatic rings. The minimum atomic E-state index is -0.813. The van der Waals surface area contributed by atoms with Crippen LogP contribution in [0.3, 0.4) is 0 Å². The Morgan fingerprint density at radius 3 is 2.81 bits per heavy atom. The van der Waals surface area contributed by atoms with Gasteiger partial charge in [-0.1, -0.05) is 0 Å². The molecule has 2 atom stereocenters. The predicted molar refractivity (Wildman–Crippen MR) is 63.1 cm³/mol. The summed E-state index contributed by atoms with van der Waals surface area (Å²) in [5, 5.41) is 2.95. The molecule has 0 spiro atoms. The number of rotatable bonds is 5. The van der Waals surface area contributed by atoms with Gasteiger partial charge in [0.05, 0.1) is 6.61 Å². The molecule has 0 aliphatic carbocycles. The van der Waals surface area contributed by atoms with Crippen molar-refractivity contribution in [2.24, 2.45) is 5.73 Å². The maximum Gasteiger partial charge on any atom is 0.242 e. The van der Waals surface area contributed by atoms with Crippen molar-refractivity contribution in [1.82, 2.24) is 10.2 Å². The zero-order chi connectivity index (χ0) is 12.2. The normalized spacial score (nSPS) is 27.1. The van der Waals surface area contributed by atoms with Crippen LogP contribution < -0.4 is 11.1 Å². The number of nitrogens with two attached hydrogens (primary N) is 1.